The molecule has 3 aromatic rings. The first-order valence-electron chi connectivity index (χ1n) is 8.28. The van der Waals surface area contributed by atoms with Crippen LogP contribution in [-0.4, -0.2) is 19.9 Å². The molecular formula is C20H24N4. The van der Waals surface area contributed by atoms with Gasteiger partial charge in [0.2, 0.25) is 0 Å². The molecule has 0 saturated heterocycles. The maximum atomic E-state index is 4.74. The van der Waals surface area contributed by atoms with Gasteiger partial charge in [-0.2, -0.15) is 0 Å². The lowest BCUT2D eigenvalue weighted by atomic mass is 9.93. The van der Waals surface area contributed by atoms with Crippen LogP contribution < -0.4 is 0 Å². The smallest absolute Gasteiger partial charge is 0.181 e. The molecule has 3 rings (SSSR count). The molecule has 0 bridgehead atoms. The van der Waals surface area contributed by atoms with Crippen molar-refractivity contribution in [3.63, 3.8) is 0 Å². The van der Waals surface area contributed by atoms with Gasteiger partial charge in [-0.15, -0.1) is 0 Å². The van der Waals surface area contributed by atoms with Gasteiger partial charge in [0.25, 0.3) is 0 Å². The Morgan fingerprint density at radius 2 is 1.21 bits per heavy atom. The number of nitrogens with zero attached hydrogens (tertiary/aromatic N) is 4. The second kappa shape index (κ2) is 5.62. The van der Waals surface area contributed by atoms with Crippen LogP contribution in [0.4, 0.5) is 0 Å². The third-order valence-corrected chi connectivity index (χ3v) is 3.80. The van der Waals surface area contributed by atoms with Crippen LogP contribution >= 0.6 is 0 Å². The first-order chi connectivity index (χ1) is 11.1. The molecule has 0 atom stereocenters. The average molecular weight is 320 g/mol. The third kappa shape index (κ3) is 3.28. The van der Waals surface area contributed by atoms with Crippen molar-refractivity contribution in [2.75, 3.05) is 0 Å². The Labute approximate surface area is 143 Å². The van der Waals surface area contributed by atoms with Gasteiger partial charge < -0.3 is 0 Å². The van der Waals surface area contributed by atoms with Gasteiger partial charge in [-0.05, 0) is 12.1 Å². The quantitative estimate of drug-likeness (QED) is 0.653. The van der Waals surface area contributed by atoms with Gasteiger partial charge in [0.15, 0.2) is 5.82 Å². The molecule has 4 nitrogen and oxygen atoms in total. The van der Waals surface area contributed by atoms with Crippen molar-refractivity contribution >= 4 is 10.9 Å². The Hall–Kier alpha value is -2.36. The highest BCUT2D eigenvalue weighted by molar-refractivity contribution is 5.80. The zero-order valence-electron chi connectivity index (χ0n) is 15.3. The molecule has 1 aromatic carbocycles. The van der Waals surface area contributed by atoms with E-state index in [2.05, 4.69) is 53.7 Å². The first-order valence-corrected chi connectivity index (χ1v) is 8.28. The van der Waals surface area contributed by atoms with Crippen molar-refractivity contribution in [2.24, 2.45) is 0 Å². The number of rotatable bonds is 1. The fraction of sp³-hybridized carbons (Fsp3) is 0.400. The number of hydrogen-bond donors (Lipinski definition) is 0. The van der Waals surface area contributed by atoms with Gasteiger partial charge in [0.1, 0.15) is 17.3 Å². The Kier molecular flexibility index (Phi) is 3.86. The van der Waals surface area contributed by atoms with Crippen LogP contribution in [0.1, 0.15) is 53.2 Å². The van der Waals surface area contributed by atoms with Gasteiger partial charge in [0, 0.05) is 16.2 Å². The normalized spacial score (nSPS) is 12.6. The van der Waals surface area contributed by atoms with Crippen molar-refractivity contribution in [1.29, 1.82) is 0 Å². The molecule has 0 fully saturated rings. The van der Waals surface area contributed by atoms with E-state index in [9.17, 15) is 0 Å². The summed E-state index contributed by atoms with van der Waals surface area (Å²) in [6.07, 6.45) is 0. The maximum absolute atomic E-state index is 4.74. The molecule has 2 heterocycles. The summed E-state index contributed by atoms with van der Waals surface area (Å²) in [6.45, 7) is 12.7. The summed E-state index contributed by atoms with van der Waals surface area (Å²) >= 11 is 0. The zero-order valence-corrected chi connectivity index (χ0v) is 15.3. The summed E-state index contributed by atoms with van der Waals surface area (Å²) in [5.41, 5.74) is 1.44. The molecule has 0 spiro atoms. The number of benzene rings is 1. The van der Waals surface area contributed by atoms with Crippen LogP contribution in [0, 0.1) is 0 Å². The molecule has 24 heavy (non-hydrogen) atoms. The summed E-state index contributed by atoms with van der Waals surface area (Å²) in [5, 5.41) is 1.11. The van der Waals surface area contributed by atoms with E-state index in [1.165, 1.54) is 0 Å². The Morgan fingerprint density at radius 1 is 0.625 bits per heavy atom. The van der Waals surface area contributed by atoms with Crippen LogP contribution in [0.15, 0.2) is 36.4 Å². The van der Waals surface area contributed by atoms with Crippen molar-refractivity contribution in [3.8, 4) is 11.5 Å². The minimum Gasteiger partial charge on any atom is -0.244 e. The molecule has 0 aliphatic heterocycles. The highest BCUT2D eigenvalue weighted by atomic mass is 15.1. The summed E-state index contributed by atoms with van der Waals surface area (Å²) in [5.74, 6) is 2.24. The molecule has 0 aliphatic carbocycles. The summed E-state index contributed by atoms with van der Waals surface area (Å²) < 4.78 is 0. The molecular weight excluding hydrogens is 296 g/mol. The molecule has 0 aliphatic rings. The molecule has 0 radical (unpaired) electrons. The molecule has 4 heteroatoms. The van der Waals surface area contributed by atoms with E-state index < -0.39 is 0 Å². The lowest BCUT2D eigenvalue weighted by Gasteiger charge is -2.22. The minimum absolute atomic E-state index is 0.144. The van der Waals surface area contributed by atoms with Crippen molar-refractivity contribution in [1.82, 2.24) is 19.9 Å². The van der Waals surface area contributed by atoms with Gasteiger partial charge >= 0.3 is 0 Å². The minimum atomic E-state index is -0.144. The van der Waals surface area contributed by atoms with Crippen molar-refractivity contribution in [3.05, 3.63) is 48.0 Å². The standard InChI is InChI=1S/C20H24N4/c1-19(2,3)17-22-16(23-18(24-17)20(4,5)6)15-12-11-13-9-7-8-10-14(13)21-15/h7-12H,1-6H3. The molecule has 0 unspecified atom stereocenters. The van der Waals surface area contributed by atoms with E-state index in [1.54, 1.807) is 0 Å². The highest BCUT2D eigenvalue weighted by Crippen LogP contribution is 2.26. The van der Waals surface area contributed by atoms with Crippen LogP contribution in [0.2, 0.25) is 0 Å². The number of hydrogen-bond acceptors (Lipinski definition) is 4. The summed E-state index contributed by atoms with van der Waals surface area (Å²) in [6, 6.07) is 12.1. The van der Waals surface area contributed by atoms with Crippen LogP contribution in [0.3, 0.4) is 0 Å². The van der Waals surface area contributed by atoms with Crippen LogP contribution in [0.25, 0.3) is 22.4 Å². The second-order valence-electron chi connectivity index (χ2n) is 8.20. The topological polar surface area (TPSA) is 51.6 Å². The average Bonchev–Trinajstić information content (AvgIpc) is 2.52. The zero-order chi connectivity index (χ0) is 17.5. The lowest BCUT2D eigenvalue weighted by Crippen LogP contribution is -2.24. The lowest BCUT2D eigenvalue weighted by molar-refractivity contribution is 0.497. The molecule has 0 amide bonds. The maximum Gasteiger partial charge on any atom is 0.181 e. The second-order valence-corrected chi connectivity index (χ2v) is 8.20. The molecule has 2 aromatic heterocycles. The van der Waals surface area contributed by atoms with E-state index in [0.717, 1.165) is 28.2 Å². The number of aromatic nitrogens is 4. The van der Waals surface area contributed by atoms with Crippen molar-refractivity contribution < 1.29 is 0 Å². The SMILES string of the molecule is CC(C)(C)c1nc(-c2ccc3ccccc3n2)nc(C(C)(C)C)n1. The van der Waals surface area contributed by atoms with Gasteiger partial charge in [-0.1, -0.05) is 65.8 Å². The van der Waals surface area contributed by atoms with E-state index in [-0.39, 0.29) is 10.8 Å². The van der Waals surface area contributed by atoms with E-state index >= 15 is 0 Å². The number of pyridine rings is 1. The van der Waals surface area contributed by atoms with E-state index in [0.29, 0.717) is 5.82 Å². The molecule has 0 N–H and O–H groups in total. The number of fused-ring (bicyclic) bond motifs is 1. The summed E-state index contributed by atoms with van der Waals surface area (Å²) in [7, 11) is 0. The first kappa shape index (κ1) is 16.5. The van der Waals surface area contributed by atoms with Crippen LogP contribution in [-0.2, 0) is 10.8 Å². The molecule has 0 saturated carbocycles. The number of para-hydroxylation sites is 1. The van der Waals surface area contributed by atoms with Crippen molar-refractivity contribution in [2.45, 2.75) is 52.4 Å². The van der Waals surface area contributed by atoms with Gasteiger partial charge in [-0.3, -0.25) is 0 Å². The summed E-state index contributed by atoms with van der Waals surface area (Å²) in [4.78, 5) is 18.9. The predicted octanol–water partition coefficient (Wildman–Crippen LogP) is 4.68. The molecule has 124 valence electrons. The van der Waals surface area contributed by atoms with Crippen LogP contribution in [0.5, 0.6) is 0 Å². The van der Waals surface area contributed by atoms with Gasteiger partial charge in [0.05, 0.1) is 5.52 Å². The van der Waals surface area contributed by atoms with E-state index in [1.807, 2.05) is 24.3 Å². The Balaban J connectivity index is 2.21. The van der Waals surface area contributed by atoms with E-state index in [4.69, 9.17) is 19.9 Å². The van der Waals surface area contributed by atoms with Gasteiger partial charge in [-0.25, -0.2) is 19.9 Å². The largest absolute Gasteiger partial charge is 0.244 e. The fourth-order valence-corrected chi connectivity index (χ4v) is 2.35. The third-order valence-electron chi connectivity index (χ3n) is 3.80. The Bertz CT molecular complexity index is 854. The highest BCUT2D eigenvalue weighted by Gasteiger charge is 2.25. The Morgan fingerprint density at radius 3 is 1.79 bits per heavy atom. The fourth-order valence-electron chi connectivity index (χ4n) is 2.35. The monoisotopic (exact) mass is 320 g/mol. The predicted molar refractivity (Wildman–Crippen MR) is 98.0 cm³/mol.